The van der Waals surface area contributed by atoms with Crippen LogP contribution in [0.25, 0.3) is 4.48 Å². The van der Waals surface area contributed by atoms with E-state index in [4.69, 9.17) is 12.2 Å². The van der Waals surface area contributed by atoms with Gasteiger partial charge in [0.05, 0.1) is 11.4 Å². The molecule has 0 N–H and O–H groups in total. The van der Waals surface area contributed by atoms with Crippen LogP contribution in [0.1, 0.15) is 11.1 Å². The average Bonchev–Trinajstić information content (AvgIpc) is 2.89. The monoisotopic (exact) mass is 415 g/mol. The summed E-state index contributed by atoms with van der Waals surface area (Å²) in [6.07, 6.45) is 3.71. The predicted octanol–water partition coefficient (Wildman–Crippen LogP) is 5.37. The summed E-state index contributed by atoms with van der Waals surface area (Å²) >= 11 is 10.3. The average molecular weight is 416 g/mol. The van der Waals surface area contributed by atoms with E-state index in [1.54, 1.807) is 4.90 Å². The number of carbonyl (C=O) groups is 1. The Morgan fingerprint density at radius 3 is 2.38 bits per heavy atom. The van der Waals surface area contributed by atoms with Gasteiger partial charge >= 0.3 is 0 Å². The quantitative estimate of drug-likeness (QED) is 0.494. The molecular formula is C19H14BrNOS2. The molecule has 5 heteroatoms. The summed E-state index contributed by atoms with van der Waals surface area (Å²) in [5, 5.41) is 0. The van der Waals surface area contributed by atoms with E-state index in [2.05, 4.69) is 15.9 Å². The Morgan fingerprint density at radius 2 is 1.71 bits per heavy atom. The van der Waals surface area contributed by atoms with Crippen molar-refractivity contribution in [1.29, 1.82) is 0 Å². The molecule has 0 radical (unpaired) electrons. The van der Waals surface area contributed by atoms with Crippen molar-refractivity contribution in [3.63, 3.8) is 0 Å². The first-order valence-electron chi connectivity index (χ1n) is 7.35. The van der Waals surface area contributed by atoms with Gasteiger partial charge in [0.2, 0.25) is 0 Å². The van der Waals surface area contributed by atoms with Gasteiger partial charge in [-0.05, 0) is 23.3 Å². The molecular weight excluding hydrogens is 402 g/mol. The minimum absolute atomic E-state index is 0.0431. The van der Waals surface area contributed by atoms with Gasteiger partial charge in [-0.1, -0.05) is 101 Å². The van der Waals surface area contributed by atoms with Crippen LogP contribution >= 0.6 is 39.9 Å². The van der Waals surface area contributed by atoms with E-state index in [9.17, 15) is 4.79 Å². The molecule has 120 valence electrons. The second kappa shape index (κ2) is 7.92. The van der Waals surface area contributed by atoms with Gasteiger partial charge in [-0.15, -0.1) is 0 Å². The zero-order chi connectivity index (χ0) is 16.9. The lowest BCUT2D eigenvalue weighted by Gasteiger charge is -2.14. The number of nitrogens with zero attached hydrogens (tertiary/aromatic N) is 1. The zero-order valence-electron chi connectivity index (χ0n) is 12.7. The molecule has 0 atom stereocenters. The van der Waals surface area contributed by atoms with Gasteiger partial charge in [-0.2, -0.15) is 0 Å². The largest absolute Gasteiger partial charge is 0.288 e. The maximum absolute atomic E-state index is 12.6. The molecule has 24 heavy (non-hydrogen) atoms. The third kappa shape index (κ3) is 4.04. The Hall–Kier alpha value is -1.69. The number of thiocarbonyl (C=S) groups is 1. The van der Waals surface area contributed by atoms with E-state index in [0.29, 0.717) is 15.8 Å². The number of hydrogen-bond acceptors (Lipinski definition) is 3. The third-order valence-electron chi connectivity index (χ3n) is 3.49. The summed E-state index contributed by atoms with van der Waals surface area (Å²) in [6, 6.07) is 19.8. The molecule has 1 saturated heterocycles. The maximum atomic E-state index is 12.6. The van der Waals surface area contributed by atoms with Crippen molar-refractivity contribution in [2.45, 2.75) is 6.54 Å². The van der Waals surface area contributed by atoms with Crippen LogP contribution in [0.15, 0.2) is 77.7 Å². The van der Waals surface area contributed by atoms with E-state index in [-0.39, 0.29) is 5.91 Å². The van der Waals surface area contributed by atoms with E-state index in [1.165, 1.54) is 11.8 Å². The van der Waals surface area contributed by atoms with Gasteiger partial charge in [-0.25, -0.2) is 0 Å². The van der Waals surface area contributed by atoms with Crippen molar-refractivity contribution in [1.82, 2.24) is 4.90 Å². The van der Waals surface area contributed by atoms with Crippen LogP contribution in [0.3, 0.4) is 0 Å². The smallest absolute Gasteiger partial charge is 0.266 e. The number of amides is 1. The van der Waals surface area contributed by atoms with E-state index in [0.717, 1.165) is 15.6 Å². The second-order valence-electron chi connectivity index (χ2n) is 5.16. The first kappa shape index (κ1) is 17.1. The van der Waals surface area contributed by atoms with E-state index >= 15 is 0 Å². The molecule has 1 aliphatic heterocycles. The van der Waals surface area contributed by atoms with Crippen LogP contribution in [0.5, 0.6) is 0 Å². The number of hydrogen-bond donors (Lipinski definition) is 0. The Labute approximate surface area is 159 Å². The SMILES string of the molecule is O=C1C(=CC=C(Br)c2ccccc2)SC(=S)N1Cc1ccccc1. The van der Waals surface area contributed by atoms with Crippen molar-refractivity contribution in [2.75, 3.05) is 0 Å². The van der Waals surface area contributed by atoms with Crippen LogP contribution < -0.4 is 0 Å². The van der Waals surface area contributed by atoms with Gasteiger partial charge in [0.1, 0.15) is 4.32 Å². The van der Waals surface area contributed by atoms with E-state index in [1.807, 2.05) is 72.8 Å². The summed E-state index contributed by atoms with van der Waals surface area (Å²) in [5.74, 6) is -0.0431. The normalized spacial score (nSPS) is 17.0. The molecule has 0 aromatic heterocycles. The van der Waals surface area contributed by atoms with Crippen LogP contribution in [-0.2, 0) is 11.3 Å². The third-order valence-corrected chi connectivity index (χ3v) is 5.61. The molecule has 1 heterocycles. The van der Waals surface area contributed by atoms with Crippen molar-refractivity contribution in [2.24, 2.45) is 0 Å². The molecule has 2 aromatic carbocycles. The number of carbonyl (C=O) groups excluding carboxylic acids is 1. The standard InChI is InChI=1S/C19H14BrNOS2/c20-16(15-9-5-2-6-10-15)11-12-17-18(22)21(19(23)24-17)13-14-7-3-1-4-8-14/h1-12H,13H2. The fourth-order valence-electron chi connectivity index (χ4n) is 2.26. The predicted molar refractivity (Wildman–Crippen MR) is 109 cm³/mol. The van der Waals surface area contributed by atoms with Gasteiger partial charge in [0.25, 0.3) is 5.91 Å². The molecule has 2 nitrogen and oxygen atoms in total. The summed E-state index contributed by atoms with van der Waals surface area (Å²) in [5.41, 5.74) is 2.13. The molecule has 1 amide bonds. The molecule has 0 saturated carbocycles. The van der Waals surface area contributed by atoms with Crippen molar-refractivity contribution < 1.29 is 4.79 Å². The molecule has 1 fully saturated rings. The Balaban J connectivity index is 1.76. The highest BCUT2D eigenvalue weighted by atomic mass is 79.9. The van der Waals surface area contributed by atoms with Crippen LogP contribution in [0.4, 0.5) is 0 Å². The van der Waals surface area contributed by atoms with Gasteiger partial charge in [0, 0.05) is 4.48 Å². The lowest BCUT2D eigenvalue weighted by Crippen LogP contribution is -2.27. The summed E-state index contributed by atoms with van der Waals surface area (Å²) < 4.78 is 1.52. The first-order valence-corrected chi connectivity index (χ1v) is 9.37. The highest BCUT2D eigenvalue weighted by Crippen LogP contribution is 2.33. The lowest BCUT2D eigenvalue weighted by atomic mass is 10.2. The van der Waals surface area contributed by atoms with Crippen LogP contribution in [0, 0.1) is 0 Å². The number of thioether (sulfide) groups is 1. The topological polar surface area (TPSA) is 20.3 Å². The van der Waals surface area contributed by atoms with Gasteiger partial charge in [0.15, 0.2) is 0 Å². The Kier molecular flexibility index (Phi) is 5.66. The molecule has 0 aliphatic carbocycles. The van der Waals surface area contributed by atoms with Crippen molar-refractivity contribution in [3.05, 3.63) is 88.8 Å². The number of benzene rings is 2. The summed E-state index contributed by atoms with van der Waals surface area (Å²) in [6.45, 7) is 0.506. The Morgan fingerprint density at radius 1 is 1.08 bits per heavy atom. The molecule has 0 bridgehead atoms. The highest BCUT2D eigenvalue weighted by molar-refractivity contribution is 9.15. The van der Waals surface area contributed by atoms with E-state index < -0.39 is 0 Å². The highest BCUT2D eigenvalue weighted by Gasteiger charge is 2.31. The Bertz CT molecular complexity index is 816. The molecule has 0 spiro atoms. The van der Waals surface area contributed by atoms with Gasteiger partial charge < -0.3 is 0 Å². The lowest BCUT2D eigenvalue weighted by molar-refractivity contribution is -0.122. The zero-order valence-corrected chi connectivity index (χ0v) is 15.9. The molecule has 2 aromatic rings. The number of rotatable bonds is 4. The van der Waals surface area contributed by atoms with Gasteiger partial charge in [-0.3, -0.25) is 9.69 Å². The fraction of sp³-hybridized carbons (Fsp3) is 0.0526. The molecule has 0 unspecified atom stereocenters. The number of allylic oxidation sites excluding steroid dienone is 2. The van der Waals surface area contributed by atoms with Crippen LogP contribution in [-0.4, -0.2) is 15.1 Å². The summed E-state index contributed by atoms with van der Waals surface area (Å²) in [4.78, 5) is 14.9. The van der Waals surface area contributed by atoms with Crippen molar-refractivity contribution in [3.8, 4) is 0 Å². The van der Waals surface area contributed by atoms with Crippen LogP contribution in [0.2, 0.25) is 0 Å². The minimum Gasteiger partial charge on any atom is -0.288 e. The first-order chi connectivity index (χ1) is 11.6. The maximum Gasteiger partial charge on any atom is 0.266 e. The second-order valence-corrected chi connectivity index (χ2v) is 7.69. The van der Waals surface area contributed by atoms with Crippen molar-refractivity contribution >= 4 is 54.6 Å². The summed E-state index contributed by atoms with van der Waals surface area (Å²) in [7, 11) is 0. The number of halogens is 1. The molecule has 1 aliphatic rings. The molecule has 3 rings (SSSR count). The minimum atomic E-state index is -0.0431. The fourth-order valence-corrected chi connectivity index (χ4v) is 3.85.